The molecule has 24 heavy (non-hydrogen) atoms. The molecule has 0 spiro atoms. The van der Waals surface area contributed by atoms with Crippen LogP contribution in [0.5, 0.6) is 0 Å². The summed E-state index contributed by atoms with van der Waals surface area (Å²) >= 11 is 5.85. The van der Waals surface area contributed by atoms with Crippen LogP contribution in [0.15, 0.2) is 24.3 Å². The van der Waals surface area contributed by atoms with Crippen LogP contribution in [0.2, 0.25) is 5.02 Å². The van der Waals surface area contributed by atoms with Crippen molar-refractivity contribution in [1.29, 1.82) is 0 Å². The zero-order chi connectivity index (χ0) is 17.2. The van der Waals surface area contributed by atoms with Crippen LogP contribution in [0.25, 0.3) is 0 Å². The smallest absolute Gasteiger partial charge is 0.227 e. The predicted octanol–water partition coefficient (Wildman–Crippen LogP) is 2.50. The average Bonchev–Trinajstić information content (AvgIpc) is 3.11. The minimum atomic E-state index is -3.42. The molecule has 0 radical (unpaired) electrons. The molecule has 7 heteroatoms. The molecule has 0 aliphatic carbocycles. The number of amides is 1. The Morgan fingerprint density at radius 1 is 1.08 bits per heavy atom. The maximum absolute atomic E-state index is 12.7. The average molecular weight is 371 g/mol. The molecule has 0 bridgehead atoms. The molecule has 1 unspecified atom stereocenters. The van der Waals surface area contributed by atoms with Gasteiger partial charge in [0.05, 0.1) is 11.7 Å². The number of nitrogens with zero attached hydrogens (tertiary/aromatic N) is 2. The summed E-state index contributed by atoms with van der Waals surface area (Å²) in [5.41, 5.74) is 0.715. The fourth-order valence-electron chi connectivity index (χ4n) is 3.47. The van der Waals surface area contributed by atoms with Gasteiger partial charge >= 0.3 is 0 Å². The van der Waals surface area contributed by atoms with E-state index in [0.717, 1.165) is 38.8 Å². The molecule has 2 heterocycles. The van der Waals surface area contributed by atoms with Crippen LogP contribution in [0, 0.1) is 5.92 Å². The van der Waals surface area contributed by atoms with Crippen LogP contribution in [-0.2, 0) is 20.6 Å². The summed E-state index contributed by atoms with van der Waals surface area (Å²) in [5, 5.41) is 0.588. The summed E-state index contributed by atoms with van der Waals surface area (Å²) in [6.45, 7) is 2.44. The summed E-state index contributed by atoms with van der Waals surface area (Å²) in [4.78, 5) is 14.4. The quantitative estimate of drug-likeness (QED) is 0.818. The summed E-state index contributed by atoms with van der Waals surface area (Å²) in [5.74, 6) is -0.120. The molecule has 2 aliphatic rings. The van der Waals surface area contributed by atoms with Crippen molar-refractivity contribution in [3.63, 3.8) is 0 Å². The Kier molecular flexibility index (Phi) is 5.47. The largest absolute Gasteiger partial charge is 0.342 e. The zero-order valence-electron chi connectivity index (χ0n) is 13.7. The summed E-state index contributed by atoms with van der Waals surface area (Å²) in [6, 6.07) is 6.86. The van der Waals surface area contributed by atoms with E-state index in [0.29, 0.717) is 23.7 Å². The second-order valence-corrected chi connectivity index (χ2v) is 9.02. The highest BCUT2D eigenvalue weighted by atomic mass is 35.5. The molecule has 5 nitrogen and oxygen atoms in total. The van der Waals surface area contributed by atoms with Gasteiger partial charge in [-0.3, -0.25) is 4.79 Å². The normalized spacial score (nSPS) is 22.7. The first-order valence-electron chi connectivity index (χ1n) is 8.47. The lowest BCUT2D eigenvalue weighted by atomic mass is 9.98. The van der Waals surface area contributed by atoms with E-state index < -0.39 is 10.0 Å². The van der Waals surface area contributed by atoms with Crippen molar-refractivity contribution in [1.82, 2.24) is 9.21 Å². The third-order valence-electron chi connectivity index (χ3n) is 4.81. The molecule has 1 aromatic rings. The van der Waals surface area contributed by atoms with Crippen molar-refractivity contribution < 1.29 is 13.2 Å². The first-order valence-corrected chi connectivity index (χ1v) is 10.5. The Labute approximate surface area is 148 Å². The van der Waals surface area contributed by atoms with Gasteiger partial charge in [0.1, 0.15) is 0 Å². The summed E-state index contributed by atoms with van der Waals surface area (Å²) in [6.07, 6.45) is 3.63. The predicted molar refractivity (Wildman–Crippen MR) is 94.2 cm³/mol. The van der Waals surface area contributed by atoms with Gasteiger partial charge in [-0.25, -0.2) is 12.7 Å². The topological polar surface area (TPSA) is 57.7 Å². The third kappa shape index (κ3) is 4.10. The molecule has 0 aromatic heterocycles. The van der Waals surface area contributed by atoms with Gasteiger partial charge in [0, 0.05) is 31.2 Å². The highest BCUT2D eigenvalue weighted by Crippen LogP contribution is 2.24. The van der Waals surface area contributed by atoms with Crippen LogP contribution in [-0.4, -0.2) is 49.7 Å². The number of rotatable bonds is 4. The van der Waals surface area contributed by atoms with E-state index in [1.54, 1.807) is 24.3 Å². The zero-order valence-corrected chi connectivity index (χ0v) is 15.2. The number of benzene rings is 1. The Morgan fingerprint density at radius 3 is 2.42 bits per heavy atom. The molecule has 2 fully saturated rings. The van der Waals surface area contributed by atoms with Crippen molar-refractivity contribution in [2.24, 2.45) is 5.92 Å². The van der Waals surface area contributed by atoms with Crippen LogP contribution < -0.4 is 0 Å². The van der Waals surface area contributed by atoms with Gasteiger partial charge < -0.3 is 4.90 Å². The molecule has 0 saturated carbocycles. The first kappa shape index (κ1) is 17.7. The number of carbonyl (C=O) groups excluding carboxylic acids is 1. The van der Waals surface area contributed by atoms with E-state index in [4.69, 9.17) is 11.6 Å². The number of halogens is 1. The van der Waals surface area contributed by atoms with Gasteiger partial charge in [0.25, 0.3) is 0 Å². The maximum Gasteiger partial charge on any atom is 0.227 e. The molecule has 3 rings (SSSR count). The van der Waals surface area contributed by atoms with Crippen molar-refractivity contribution in [2.45, 2.75) is 31.4 Å². The molecule has 1 amide bonds. The highest BCUT2D eigenvalue weighted by molar-refractivity contribution is 7.88. The second kappa shape index (κ2) is 7.42. The molecule has 1 aromatic carbocycles. The van der Waals surface area contributed by atoms with E-state index in [1.165, 1.54) is 4.31 Å². The molecule has 1 atom stereocenters. The molecule has 2 aliphatic heterocycles. The van der Waals surface area contributed by atoms with E-state index in [9.17, 15) is 13.2 Å². The SMILES string of the molecule is O=C(C1CCCN(S(=O)(=O)Cc2ccc(Cl)cc2)C1)N1CCCC1. The van der Waals surface area contributed by atoms with Crippen LogP contribution in [0.1, 0.15) is 31.2 Å². The van der Waals surface area contributed by atoms with Gasteiger partial charge in [-0.2, -0.15) is 0 Å². The second-order valence-electron chi connectivity index (χ2n) is 6.61. The van der Waals surface area contributed by atoms with Crippen molar-refractivity contribution in [3.05, 3.63) is 34.9 Å². The lowest BCUT2D eigenvalue weighted by Gasteiger charge is -2.33. The number of likely N-dealkylation sites (tertiary alicyclic amines) is 1. The Bertz CT molecular complexity index is 684. The van der Waals surface area contributed by atoms with Gasteiger partial charge in [-0.1, -0.05) is 23.7 Å². The molecule has 132 valence electrons. The third-order valence-corrected chi connectivity index (χ3v) is 6.88. The number of hydrogen-bond donors (Lipinski definition) is 0. The molecule has 2 saturated heterocycles. The first-order chi connectivity index (χ1) is 11.5. The minimum absolute atomic E-state index is 0.0468. The Morgan fingerprint density at radius 2 is 1.75 bits per heavy atom. The summed E-state index contributed by atoms with van der Waals surface area (Å²) in [7, 11) is -3.42. The fourth-order valence-corrected chi connectivity index (χ4v) is 5.21. The Hall–Kier alpha value is -1.11. The molecular weight excluding hydrogens is 348 g/mol. The molecule has 0 N–H and O–H groups in total. The summed E-state index contributed by atoms with van der Waals surface area (Å²) < 4.78 is 26.9. The number of sulfonamides is 1. The van der Waals surface area contributed by atoms with Crippen LogP contribution in [0.4, 0.5) is 0 Å². The minimum Gasteiger partial charge on any atom is -0.342 e. The van der Waals surface area contributed by atoms with Crippen molar-refractivity contribution >= 4 is 27.5 Å². The van der Waals surface area contributed by atoms with Crippen LogP contribution >= 0.6 is 11.6 Å². The van der Waals surface area contributed by atoms with Gasteiger partial charge in [0.2, 0.25) is 15.9 Å². The van der Waals surface area contributed by atoms with Crippen molar-refractivity contribution in [2.75, 3.05) is 26.2 Å². The van der Waals surface area contributed by atoms with E-state index in [-0.39, 0.29) is 17.6 Å². The van der Waals surface area contributed by atoms with Crippen molar-refractivity contribution in [3.8, 4) is 0 Å². The lowest BCUT2D eigenvalue weighted by molar-refractivity contribution is -0.135. The lowest BCUT2D eigenvalue weighted by Crippen LogP contribution is -2.46. The monoisotopic (exact) mass is 370 g/mol. The van der Waals surface area contributed by atoms with Gasteiger partial charge in [-0.15, -0.1) is 0 Å². The fraction of sp³-hybridized carbons (Fsp3) is 0.588. The number of carbonyl (C=O) groups is 1. The van der Waals surface area contributed by atoms with E-state index >= 15 is 0 Å². The number of piperidine rings is 1. The Balaban J connectivity index is 1.66. The standard InChI is InChI=1S/C17H23ClN2O3S/c18-16-7-5-14(6-8-16)13-24(22,23)20-11-3-4-15(12-20)17(21)19-9-1-2-10-19/h5-8,15H,1-4,9-13H2. The van der Waals surface area contributed by atoms with Gasteiger partial charge in [0.15, 0.2) is 0 Å². The van der Waals surface area contributed by atoms with Gasteiger partial charge in [-0.05, 0) is 43.4 Å². The highest BCUT2D eigenvalue weighted by Gasteiger charge is 2.34. The maximum atomic E-state index is 12.7. The van der Waals surface area contributed by atoms with Crippen LogP contribution in [0.3, 0.4) is 0 Å². The molecular formula is C17H23ClN2O3S. The van der Waals surface area contributed by atoms with E-state index in [1.807, 2.05) is 4.90 Å². The van der Waals surface area contributed by atoms with E-state index in [2.05, 4.69) is 0 Å². The number of hydrogen-bond acceptors (Lipinski definition) is 3.